The predicted octanol–water partition coefficient (Wildman–Crippen LogP) is 3.41. The van der Waals surface area contributed by atoms with Crippen molar-refractivity contribution < 1.29 is 0 Å². The van der Waals surface area contributed by atoms with Gasteiger partial charge in [-0.3, -0.25) is 0 Å². The lowest BCUT2D eigenvalue weighted by atomic mass is 10.1. The zero-order chi connectivity index (χ0) is 13.8. The summed E-state index contributed by atoms with van der Waals surface area (Å²) in [7, 11) is 0. The fourth-order valence-electron chi connectivity index (χ4n) is 1.57. The zero-order valence-electron chi connectivity index (χ0n) is 9.81. The number of hydrogen-bond acceptors (Lipinski definition) is 4. The lowest BCUT2D eigenvalue weighted by molar-refractivity contribution is 1.46. The molecule has 0 saturated heterocycles. The summed E-state index contributed by atoms with van der Waals surface area (Å²) >= 11 is 6.06. The molecule has 5 heteroatoms. The van der Waals surface area contributed by atoms with Crippen LogP contribution in [0.4, 0.5) is 17.1 Å². The van der Waals surface area contributed by atoms with E-state index < -0.39 is 0 Å². The molecule has 3 N–H and O–H groups in total. The molecule has 0 aliphatic carbocycles. The van der Waals surface area contributed by atoms with Crippen molar-refractivity contribution in [2.75, 3.05) is 11.1 Å². The number of nitrogens with two attached hydrogens (primary N) is 1. The monoisotopic (exact) mass is 268 g/mol. The Morgan fingerprint density at radius 3 is 2.47 bits per heavy atom. The van der Waals surface area contributed by atoms with E-state index in [0.717, 1.165) is 0 Å². The van der Waals surface area contributed by atoms with Crippen LogP contribution in [0.25, 0.3) is 0 Å². The van der Waals surface area contributed by atoms with E-state index in [9.17, 15) is 0 Å². The van der Waals surface area contributed by atoms with E-state index in [1.54, 1.807) is 36.4 Å². The van der Waals surface area contributed by atoms with Crippen LogP contribution in [0.5, 0.6) is 0 Å². The number of hydrogen-bond donors (Lipinski definition) is 2. The maximum atomic E-state index is 8.91. The van der Waals surface area contributed by atoms with Crippen molar-refractivity contribution >= 4 is 28.7 Å². The lowest BCUT2D eigenvalue weighted by Gasteiger charge is -2.09. The molecule has 0 amide bonds. The molecule has 0 heterocycles. The highest BCUT2D eigenvalue weighted by Gasteiger charge is 2.04. The van der Waals surface area contributed by atoms with Crippen LogP contribution in [-0.4, -0.2) is 0 Å². The van der Waals surface area contributed by atoms with Crippen molar-refractivity contribution in [3.8, 4) is 12.1 Å². The predicted molar refractivity (Wildman–Crippen MR) is 75.0 cm³/mol. The van der Waals surface area contributed by atoms with E-state index in [2.05, 4.69) is 5.32 Å². The summed E-state index contributed by atoms with van der Waals surface area (Å²) < 4.78 is 0. The fourth-order valence-corrected chi connectivity index (χ4v) is 1.80. The van der Waals surface area contributed by atoms with Gasteiger partial charge in [-0.05, 0) is 36.4 Å². The molecule has 0 aliphatic rings. The van der Waals surface area contributed by atoms with Crippen LogP contribution in [0.3, 0.4) is 0 Å². The van der Waals surface area contributed by atoms with Gasteiger partial charge >= 0.3 is 0 Å². The molecule has 4 nitrogen and oxygen atoms in total. The van der Waals surface area contributed by atoms with Gasteiger partial charge in [0.05, 0.1) is 27.9 Å². The molecule has 0 aromatic heterocycles. The molecule has 0 saturated carbocycles. The summed E-state index contributed by atoms with van der Waals surface area (Å²) in [5, 5.41) is 21.2. The maximum absolute atomic E-state index is 8.91. The molecule has 0 radical (unpaired) electrons. The summed E-state index contributed by atoms with van der Waals surface area (Å²) in [6.07, 6.45) is 0. The van der Waals surface area contributed by atoms with Crippen LogP contribution in [-0.2, 0) is 0 Å². The molecule has 0 unspecified atom stereocenters. The highest BCUT2D eigenvalue weighted by atomic mass is 35.5. The van der Waals surface area contributed by atoms with Gasteiger partial charge in [-0.1, -0.05) is 11.6 Å². The van der Waals surface area contributed by atoms with E-state index in [4.69, 9.17) is 27.9 Å². The second-order valence-electron chi connectivity index (χ2n) is 3.85. The largest absolute Gasteiger partial charge is 0.398 e. The van der Waals surface area contributed by atoms with Crippen LogP contribution >= 0.6 is 11.6 Å². The molecule has 0 bridgehead atoms. The SMILES string of the molecule is N#Cc1ccc(Nc2ccc(N)c(C#N)c2)c(Cl)c1. The van der Waals surface area contributed by atoms with Crippen LogP contribution in [0.1, 0.15) is 11.1 Å². The maximum Gasteiger partial charge on any atom is 0.101 e. The number of benzene rings is 2. The summed E-state index contributed by atoms with van der Waals surface area (Å²) in [6.45, 7) is 0. The number of anilines is 3. The fraction of sp³-hybridized carbons (Fsp3) is 0. The van der Waals surface area contributed by atoms with Gasteiger partial charge in [0.1, 0.15) is 6.07 Å². The number of nitrogens with one attached hydrogen (secondary N) is 1. The smallest absolute Gasteiger partial charge is 0.101 e. The van der Waals surface area contributed by atoms with Crippen molar-refractivity contribution in [2.24, 2.45) is 0 Å². The second-order valence-corrected chi connectivity index (χ2v) is 4.25. The highest BCUT2D eigenvalue weighted by molar-refractivity contribution is 6.33. The molecule has 2 aromatic rings. The summed E-state index contributed by atoms with van der Waals surface area (Å²) in [6, 6.07) is 14.0. The average Bonchev–Trinajstić information content (AvgIpc) is 2.43. The van der Waals surface area contributed by atoms with Gasteiger partial charge in [0, 0.05) is 11.4 Å². The van der Waals surface area contributed by atoms with Crippen LogP contribution in [0.15, 0.2) is 36.4 Å². The summed E-state index contributed by atoms with van der Waals surface area (Å²) in [5.41, 5.74) is 8.33. The Morgan fingerprint density at radius 2 is 1.84 bits per heavy atom. The summed E-state index contributed by atoms with van der Waals surface area (Å²) in [4.78, 5) is 0. The third kappa shape index (κ3) is 2.77. The van der Waals surface area contributed by atoms with Gasteiger partial charge in [-0.15, -0.1) is 0 Å². The first-order chi connectivity index (χ1) is 9.13. The molecule has 0 fully saturated rings. The van der Waals surface area contributed by atoms with Crippen LogP contribution < -0.4 is 11.1 Å². The Morgan fingerprint density at radius 1 is 1.05 bits per heavy atom. The Balaban J connectivity index is 2.32. The first kappa shape index (κ1) is 12.8. The quantitative estimate of drug-likeness (QED) is 0.817. The van der Waals surface area contributed by atoms with Crippen molar-refractivity contribution in [2.45, 2.75) is 0 Å². The first-order valence-corrected chi connectivity index (χ1v) is 5.78. The molecule has 0 aliphatic heterocycles. The number of nitriles is 2. The van der Waals surface area contributed by atoms with Crippen LogP contribution in [0.2, 0.25) is 5.02 Å². The van der Waals surface area contributed by atoms with Crippen molar-refractivity contribution in [1.82, 2.24) is 0 Å². The highest BCUT2D eigenvalue weighted by Crippen LogP contribution is 2.27. The zero-order valence-corrected chi connectivity index (χ0v) is 10.6. The standard InChI is InChI=1S/C14H9ClN4/c15-12-5-9(7-16)1-4-14(12)19-11-2-3-13(18)10(6-11)8-17/h1-6,19H,18H2. The van der Waals surface area contributed by atoms with Gasteiger partial charge < -0.3 is 11.1 Å². The van der Waals surface area contributed by atoms with Gasteiger partial charge in [0.15, 0.2) is 0 Å². The molecule has 0 spiro atoms. The third-order valence-electron chi connectivity index (χ3n) is 2.55. The van der Waals surface area contributed by atoms with Gasteiger partial charge in [-0.25, -0.2) is 0 Å². The molecular weight excluding hydrogens is 260 g/mol. The number of rotatable bonds is 2. The third-order valence-corrected chi connectivity index (χ3v) is 2.86. The minimum absolute atomic E-state index is 0.398. The van der Waals surface area contributed by atoms with Gasteiger partial charge in [0.2, 0.25) is 0 Å². The van der Waals surface area contributed by atoms with E-state index in [1.807, 2.05) is 12.1 Å². The summed E-state index contributed by atoms with van der Waals surface area (Å²) in [5.74, 6) is 0. The average molecular weight is 269 g/mol. The van der Waals surface area contributed by atoms with Crippen LogP contribution in [0, 0.1) is 22.7 Å². The normalized spacial score (nSPS) is 9.42. The minimum Gasteiger partial charge on any atom is -0.398 e. The Bertz CT molecular complexity index is 710. The Labute approximate surface area is 115 Å². The number of nitrogens with zero attached hydrogens (tertiary/aromatic N) is 2. The van der Waals surface area contributed by atoms with Gasteiger partial charge in [-0.2, -0.15) is 10.5 Å². The molecule has 92 valence electrons. The van der Waals surface area contributed by atoms with Crippen molar-refractivity contribution in [3.63, 3.8) is 0 Å². The first-order valence-electron chi connectivity index (χ1n) is 5.40. The Kier molecular flexibility index (Phi) is 3.56. The molecule has 19 heavy (non-hydrogen) atoms. The van der Waals surface area contributed by atoms with Crippen molar-refractivity contribution in [3.05, 3.63) is 52.5 Å². The molecule has 2 aromatic carbocycles. The minimum atomic E-state index is 0.398. The topological polar surface area (TPSA) is 85.6 Å². The van der Waals surface area contributed by atoms with E-state index in [1.165, 1.54) is 0 Å². The molecule has 0 atom stereocenters. The van der Waals surface area contributed by atoms with E-state index in [-0.39, 0.29) is 0 Å². The van der Waals surface area contributed by atoms with Crippen molar-refractivity contribution in [1.29, 1.82) is 10.5 Å². The van der Waals surface area contributed by atoms with E-state index >= 15 is 0 Å². The van der Waals surface area contributed by atoms with Gasteiger partial charge in [0.25, 0.3) is 0 Å². The lowest BCUT2D eigenvalue weighted by Crippen LogP contribution is -1.95. The number of halogens is 1. The second kappa shape index (κ2) is 5.30. The molecular formula is C14H9ClN4. The Hall–Kier alpha value is -2.69. The molecule has 2 rings (SSSR count). The number of nitrogen functional groups attached to an aromatic ring is 1. The van der Waals surface area contributed by atoms with E-state index in [0.29, 0.717) is 33.2 Å².